The second kappa shape index (κ2) is 10.0. The zero-order valence-electron chi connectivity index (χ0n) is 19.6. The maximum Gasteiger partial charge on any atom is 0.286 e. The molecule has 1 heterocycles. The highest BCUT2D eigenvalue weighted by molar-refractivity contribution is 7.90. The number of fused-ring (bicyclic) bond motifs is 1. The molecule has 0 spiro atoms. The molecular formula is C25H31N3O5S. The largest absolute Gasteiger partial charge is 0.497 e. The average Bonchev–Trinajstić information content (AvgIpc) is 3.26. The molecule has 1 aliphatic heterocycles. The van der Waals surface area contributed by atoms with Crippen LogP contribution < -0.4 is 20.1 Å². The van der Waals surface area contributed by atoms with Crippen molar-refractivity contribution in [1.82, 2.24) is 5.32 Å². The van der Waals surface area contributed by atoms with Crippen LogP contribution in [0.1, 0.15) is 44.1 Å². The van der Waals surface area contributed by atoms with E-state index in [1.54, 1.807) is 38.5 Å². The van der Waals surface area contributed by atoms with Gasteiger partial charge in [0.1, 0.15) is 22.2 Å². The molecule has 0 radical (unpaired) electrons. The zero-order valence-corrected chi connectivity index (χ0v) is 20.4. The maximum absolute atomic E-state index is 12.9. The standard InChI is InChI=1S/C25H31N3O5S/c1-32-19-9-10-21(33-2)18(15-19)11-14-26-24(29)17-25(12-5-6-13-25)16-23-27-20-7-3-4-8-22(20)34(30,31)28-23/h3-4,7-10,15H,5-6,11-14,16-17H2,1-2H3,(H,26,29)(H,27,28). The lowest BCUT2D eigenvalue weighted by Gasteiger charge is -2.30. The highest BCUT2D eigenvalue weighted by Crippen LogP contribution is 2.45. The third kappa shape index (κ3) is 5.35. The van der Waals surface area contributed by atoms with Crippen molar-refractivity contribution in [2.45, 2.75) is 49.8 Å². The first-order chi connectivity index (χ1) is 16.3. The van der Waals surface area contributed by atoms with Gasteiger partial charge in [0.05, 0.1) is 19.9 Å². The predicted molar refractivity (Wildman–Crippen MR) is 131 cm³/mol. The first kappa shape index (κ1) is 24.1. The van der Waals surface area contributed by atoms with E-state index in [0.717, 1.165) is 42.7 Å². The second-order valence-corrected chi connectivity index (χ2v) is 10.5. The van der Waals surface area contributed by atoms with Crippen LogP contribution in [0.15, 0.2) is 51.8 Å². The number of carbonyl (C=O) groups is 1. The third-order valence-electron chi connectivity index (χ3n) is 6.62. The number of hydrogen-bond acceptors (Lipinski definition) is 6. The SMILES string of the molecule is COc1ccc(OC)c(CCNC(=O)CC2(CC3=NS(=O)(=O)c4ccccc4N3)CCCC2)c1. The van der Waals surface area contributed by atoms with Crippen LogP contribution in [-0.2, 0) is 21.2 Å². The molecule has 2 aromatic rings. The van der Waals surface area contributed by atoms with E-state index < -0.39 is 10.0 Å². The Labute approximate surface area is 200 Å². The van der Waals surface area contributed by atoms with Gasteiger partial charge in [0.2, 0.25) is 5.91 Å². The first-order valence-electron chi connectivity index (χ1n) is 11.5. The van der Waals surface area contributed by atoms with Crippen molar-refractivity contribution in [2.75, 3.05) is 26.1 Å². The van der Waals surface area contributed by atoms with Gasteiger partial charge in [-0.1, -0.05) is 25.0 Å². The number of para-hydroxylation sites is 1. The molecule has 0 aromatic heterocycles. The Balaban J connectivity index is 1.40. The van der Waals surface area contributed by atoms with Crippen molar-refractivity contribution in [3.05, 3.63) is 48.0 Å². The number of carbonyl (C=O) groups excluding carboxylic acids is 1. The number of hydrogen-bond donors (Lipinski definition) is 2. The summed E-state index contributed by atoms with van der Waals surface area (Å²) in [4.78, 5) is 13.1. The molecule has 1 amide bonds. The number of benzene rings is 2. The van der Waals surface area contributed by atoms with Gasteiger partial charge in [-0.2, -0.15) is 8.42 Å². The van der Waals surface area contributed by atoms with Gasteiger partial charge >= 0.3 is 0 Å². The zero-order chi connectivity index (χ0) is 24.2. The minimum Gasteiger partial charge on any atom is -0.497 e. The normalized spacial score (nSPS) is 17.8. The number of amidine groups is 1. The van der Waals surface area contributed by atoms with Crippen LogP contribution in [0.3, 0.4) is 0 Å². The number of nitrogens with zero attached hydrogens (tertiary/aromatic N) is 1. The van der Waals surface area contributed by atoms with Gasteiger partial charge in [0.15, 0.2) is 0 Å². The molecule has 2 aliphatic rings. The molecule has 2 N–H and O–H groups in total. The number of sulfonamides is 1. The van der Waals surface area contributed by atoms with Crippen LogP contribution in [0.2, 0.25) is 0 Å². The number of rotatable bonds is 9. The van der Waals surface area contributed by atoms with Gasteiger partial charge in [-0.15, -0.1) is 4.40 Å². The van der Waals surface area contributed by atoms with Crippen molar-refractivity contribution in [2.24, 2.45) is 9.81 Å². The molecule has 34 heavy (non-hydrogen) atoms. The molecule has 2 aromatic carbocycles. The highest BCUT2D eigenvalue weighted by Gasteiger charge is 2.38. The molecule has 1 aliphatic carbocycles. The molecule has 0 unspecified atom stereocenters. The molecule has 4 rings (SSSR count). The lowest BCUT2D eigenvalue weighted by molar-refractivity contribution is -0.123. The van der Waals surface area contributed by atoms with Gasteiger partial charge in [0, 0.05) is 19.4 Å². The maximum atomic E-state index is 12.9. The van der Waals surface area contributed by atoms with E-state index in [9.17, 15) is 13.2 Å². The van der Waals surface area contributed by atoms with Crippen LogP contribution in [-0.4, -0.2) is 40.9 Å². The summed E-state index contributed by atoms with van der Waals surface area (Å²) in [7, 11) is -0.508. The number of anilines is 1. The van der Waals surface area contributed by atoms with Gasteiger partial charge in [-0.25, -0.2) is 0 Å². The van der Waals surface area contributed by atoms with E-state index in [2.05, 4.69) is 15.0 Å². The topological polar surface area (TPSA) is 106 Å². The summed E-state index contributed by atoms with van der Waals surface area (Å²) < 4.78 is 40.0. The second-order valence-electron chi connectivity index (χ2n) is 8.97. The van der Waals surface area contributed by atoms with E-state index in [0.29, 0.717) is 37.3 Å². The Morgan fingerprint density at radius 3 is 2.62 bits per heavy atom. The fourth-order valence-corrected chi connectivity index (χ4v) is 6.10. The van der Waals surface area contributed by atoms with Crippen molar-refractivity contribution in [3.8, 4) is 11.5 Å². The molecule has 0 atom stereocenters. The molecule has 9 heteroatoms. The summed E-state index contributed by atoms with van der Waals surface area (Å²) in [6.07, 6.45) is 5.15. The first-order valence-corrected chi connectivity index (χ1v) is 13.0. The molecule has 8 nitrogen and oxygen atoms in total. The Morgan fingerprint density at radius 2 is 1.88 bits per heavy atom. The lowest BCUT2D eigenvalue weighted by Crippen LogP contribution is -2.35. The summed E-state index contributed by atoms with van der Waals surface area (Å²) >= 11 is 0. The van der Waals surface area contributed by atoms with Gasteiger partial charge < -0.3 is 20.1 Å². The molecule has 1 saturated carbocycles. The Hall–Kier alpha value is -3.07. The molecule has 0 bridgehead atoms. The number of amides is 1. The number of nitrogens with one attached hydrogen (secondary N) is 2. The molecule has 182 valence electrons. The molecule has 0 saturated heterocycles. The highest BCUT2D eigenvalue weighted by atomic mass is 32.2. The van der Waals surface area contributed by atoms with Crippen molar-refractivity contribution < 1.29 is 22.7 Å². The summed E-state index contributed by atoms with van der Waals surface area (Å²) in [5.74, 6) is 1.87. The van der Waals surface area contributed by atoms with E-state index in [1.165, 1.54) is 0 Å². The Morgan fingerprint density at radius 1 is 1.12 bits per heavy atom. The van der Waals surface area contributed by atoms with Gasteiger partial charge in [-0.05, 0) is 60.6 Å². The fourth-order valence-electron chi connectivity index (χ4n) is 4.96. The van der Waals surface area contributed by atoms with Crippen LogP contribution in [0.5, 0.6) is 11.5 Å². The van der Waals surface area contributed by atoms with E-state index >= 15 is 0 Å². The minimum atomic E-state index is -3.74. The van der Waals surface area contributed by atoms with E-state index in [1.807, 2.05) is 18.2 Å². The van der Waals surface area contributed by atoms with Gasteiger partial charge in [-0.3, -0.25) is 4.79 Å². The summed E-state index contributed by atoms with van der Waals surface area (Å²) in [5, 5.41) is 6.21. The Kier molecular flexibility index (Phi) is 7.11. The van der Waals surface area contributed by atoms with Gasteiger partial charge in [0.25, 0.3) is 10.0 Å². The smallest absolute Gasteiger partial charge is 0.286 e. The quantitative estimate of drug-likeness (QED) is 0.558. The Bertz CT molecular complexity index is 1190. The average molecular weight is 486 g/mol. The molecular weight excluding hydrogens is 454 g/mol. The summed E-state index contributed by atoms with van der Waals surface area (Å²) in [6, 6.07) is 12.4. The van der Waals surface area contributed by atoms with Crippen LogP contribution in [0.4, 0.5) is 5.69 Å². The van der Waals surface area contributed by atoms with Crippen LogP contribution in [0.25, 0.3) is 0 Å². The monoisotopic (exact) mass is 485 g/mol. The molecule has 1 fully saturated rings. The lowest BCUT2D eigenvalue weighted by atomic mass is 9.78. The predicted octanol–water partition coefficient (Wildman–Crippen LogP) is 3.92. The number of ether oxygens (including phenoxy) is 2. The summed E-state index contributed by atoms with van der Waals surface area (Å²) in [6.45, 7) is 0.472. The van der Waals surface area contributed by atoms with Crippen molar-refractivity contribution >= 4 is 27.5 Å². The van der Waals surface area contributed by atoms with Crippen molar-refractivity contribution in [1.29, 1.82) is 0 Å². The van der Waals surface area contributed by atoms with E-state index in [4.69, 9.17) is 9.47 Å². The van der Waals surface area contributed by atoms with Crippen LogP contribution >= 0.6 is 0 Å². The van der Waals surface area contributed by atoms with E-state index in [-0.39, 0.29) is 16.2 Å². The fraction of sp³-hybridized carbons (Fsp3) is 0.440. The van der Waals surface area contributed by atoms with Crippen molar-refractivity contribution in [3.63, 3.8) is 0 Å². The third-order valence-corrected chi connectivity index (χ3v) is 7.99. The number of methoxy groups -OCH3 is 2. The summed E-state index contributed by atoms with van der Waals surface area (Å²) in [5.41, 5.74) is 1.20. The minimum absolute atomic E-state index is 0.0385. The van der Waals surface area contributed by atoms with Crippen LogP contribution in [0, 0.1) is 5.41 Å².